The number of amides is 1. The van der Waals surface area contributed by atoms with Crippen molar-refractivity contribution in [2.24, 2.45) is 0 Å². The van der Waals surface area contributed by atoms with Gasteiger partial charge in [-0.25, -0.2) is 0 Å². The third-order valence-electron chi connectivity index (χ3n) is 2.58. The third kappa shape index (κ3) is 1.63. The molecule has 0 fully saturated rings. The van der Waals surface area contributed by atoms with Crippen molar-refractivity contribution in [2.45, 2.75) is 13.0 Å². The fourth-order valence-electron chi connectivity index (χ4n) is 1.77. The van der Waals surface area contributed by atoms with Gasteiger partial charge in [-0.1, -0.05) is 6.07 Å². The van der Waals surface area contributed by atoms with Gasteiger partial charge < -0.3 is 10.6 Å². The minimum absolute atomic E-state index is 0.0154. The van der Waals surface area contributed by atoms with Crippen molar-refractivity contribution in [3.05, 3.63) is 34.9 Å². The molecule has 0 aromatic heterocycles. The van der Waals surface area contributed by atoms with E-state index in [1.807, 2.05) is 12.1 Å². The topological polar surface area (TPSA) is 41.1 Å². The summed E-state index contributed by atoms with van der Waals surface area (Å²) >= 11 is 0. The molecule has 0 aliphatic carbocycles. The van der Waals surface area contributed by atoms with E-state index in [0.717, 1.165) is 25.1 Å². The Morgan fingerprint density at radius 3 is 3.07 bits per heavy atom. The van der Waals surface area contributed by atoms with Crippen molar-refractivity contribution in [3.63, 3.8) is 0 Å². The van der Waals surface area contributed by atoms with Crippen molar-refractivity contribution < 1.29 is 4.79 Å². The van der Waals surface area contributed by atoms with Gasteiger partial charge in [-0.2, -0.15) is 0 Å². The molecule has 0 saturated heterocycles. The molecule has 0 atom stereocenters. The zero-order valence-corrected chi connectivity index (χ0v) is 8.26. The summed E-state index contributed by atoms with van der Waals surface area (Å²) in [6.07, 6.45) is 1.06. The van der Waals surface area contributed by atoms with Crippen LogP contribution in [0.4, 0.5) is 0 Å². The first-order valence-corrected chi connectivity index (χ1v) is 4.86. The Morgan fingerprint density at radius 1 is 1.43 bits per heavy atom. The van der Waals surface area contributed by atoms with E-state index in [-0.39, 0.29) is 5.91 Å². The van der Waals surface area contributed by atoms with Gasteiger partial charge >= 0.3 is 0 Å². The minimum Gasteiger partial charge on any atom is -0.355 e. The lowest BCUT2D eigenvalue weighted by atomic mass is 9.98. The number of carbonyl (C=O) groups excluding carboxylic acids is 1. The Labute approximate surface area is 83.5 Å². The lowest BCUT2D eigenvalue weighted by Crippen LogP contribution is -2.25. The second-order valence-electron chi connectivity index (χ2n) is 3.49. The van der Waals surface area contributed by atoms with Crippen LogP contribution >= 0.6 is 0 Å². The van der Waals surface area contributed by atoms with E-state index in [4.69, 9.17) is 0 Å². The number of hydrogen-bond acceptors (Lipinski definition) is 2. The van der Waals surface area contributed by atoms with Gasteiger partial charge in [0, 0.05) is 19.2 Å². The standard InChI is InChI=1S/C11H14N2O/c1-12-11(14)9-3-2-8-4-5-13-7-10(8)6-9/h2-3,6,13H,4-5,7H2,1H3,(H,12,14). The Kier molecular flexibility index (Phi) is 2.50. The molecule has 1 heterocycles. The summed E-state index contributed by atoms with van der Waals surface area (Å²) in [7, 11) is 1.65. The predicted molar refractivity (Wildman–Crippen MR) is 55.2 cm³/mol. The molecule has 2 N–H and O–H groups in total. The maximum atomic E-state index is 11.4. The molecule has 0 radical (unpaired) electrons. The Morgan fingerprint density at radius 2 is 2.29 bits per heavy atom. The Bertz CT molecular complexity index is 360. The highest BCUT2D eigenvalue weighted by atomic mass is 16.1. The second kappa shape index (κ2) is 3.80. The largest absolute Gasteiger partial charge is 0.355 e. The van der Waals surface area contributed by atoms with Gasteiger partial charge in [0.2, 0.25) is 0 Å². The molecule has 1 aromatic rings. The molecule has 0 spiro atoms. The molecule has 0 saturated carbocycles. The number of rotatable bonds is 1. The maximum absolute atomic E-state index is 11.4. The Hall–Kier alpha value is -1.35. The number of hydrogen-bond donors (Lipinski definition) is 2. The highest BCUT2D eigenvalue weighted by Gasteiger charge is 2.11. The SMILES string of the molecule is CNC(=O)c1ccc2c(c1)CNCC2. The van der Waals surface area contributed by atoms with Crippen LogP contribution in [-0.2, 0) is 13.0 Å². The van der Waals surface area contributed by atoms with Gasteiger partial charge in [-0.15, -0.1) is 0 Å². The first-order chi connectivity index (χ1) is 6.81. The van der Waals surface area contributed by atoms with Gasteiger partial charge in [0.15, 0.2) is 0 Å². The fraction of sp³-hybridized carbons (Fsp3) is 0.364. The average Bonchev–Trinajstić information content (AvgIpc) is 2.27. The molecule has 14 heavy (non-hydrogen) atoms. The normalized spacial score (nSPS) is 14.6. The summed E-state index contributed by atoms with van der Waals surface area (Å²) in [4.78, 5) is 11.4. The van der Waals surface area contributed by atoms with Gasteiger partial charge in [0.05, 0.1) is 0 Å². The van der Waals surface area contributed by atoms with Crippen LogP contribution in [0.5, 0.6) is 0 Å². The van der Waals surface area contributed by atoms with Crippen molar-refractivity contribution in [1.82, 2.24) is 10.6 Å². The number of benzene rings is 1. The highest BCUT2D eigenvalue weighted by molar-refractivity contribution is 5.94. The molecular formula is C11H14N2O. The summed E-state index contributed by atoms with van der Waals surface area (Å²) in [5, 5.41) is 5.92. The zero-order valence-electron chi connectivity index (χ0n) is 8.26. The number of fused-ring (bicyclic) bond motifs is 1. The van der Waals surface area contributed by atoms with E-state index < -0.39 is 0 Å². The van der Waals surface area contributed by atoms with Crippen LogP contribution in [0.3, 0.4) is 0 Å². The summed E-state index contributed by atoms with van der Waals surface area (Å²) in [5.41, 5.74) is 3.35. The molecular weight excluding hydrogens is 176 g/mol. The quantitative estimate of drug-likeness (QED) is 0.684. The lowest BCUT2D eigenvalue weighted by molar-refractivity contribution is 0.0963. The number of carbonyl (C=O) groups is 1. The van der Waals surface area contributed by atoms with Gasteiger partial charge in [0.25, 0.3) is 5.91 Å². The molecule has 3 nitrogen and oxygen atoms in total. The van der Waals surface area contributed by atoms with Crippen LogP contribution in [0.2, 0.25) is 0 Å². The van der Waals surface area contributed by atoms with Crippen LogP contribution in [0.15, 0.2) is 18.2 Å². The second-order valence-corrected chi connectivity index (χ2v) is 3.49. The van der Waals surface area contributed by atoms with Crippen molar-refractivity contribution in [1.29, 1.82) is 0 Å². The van der Waals surface area contributed by atoms with Crippen LogP contribution in [0, 0.1) is 0 Å². The van der Waals surface area contributed by atoms with Gasteiger partial charge in [0.1, 0.15) is 0 Å². The predicted octanol–water partition coefficient (Wildman–Crippen LogP) is 0.692. The van der Waals surface area contributed by atoms with Crippen LogP contribution in [0.25, 0.3) is 0 Å². The average molecular weight is 190 g/mol. The summed E-state index contributed by atoms with van der Waals surface area (Å²) in [6.45, 7) is 1.91. The monoisotopic (exact) mass is 190 g/mol. The van der Waals surface area contributed by atoms with E-state index in [1.165, 1.54) is 11.1 Å². The molecule has 1 aliphatic rings. The van der Waals surface area contributed by atoms with Gasteiger partial charge in [-0.3, -0.25) is 4.79 Å². The smallest absolute Gasteiger partial charge is 0.251 e. The first-order valence-electron chi connectivity index (χ1n) is 4.86. The van der Waals surface area contributed by atoms with E-state index in [1.54, 1.807) is 7.05 Å². The van der Waals surface area contributed by atoms with Crippen molar-refractivity contribution in [2.75, 3.05) is 13.6 Å². The highest BCUT2D eigenvalue weighted by Crippen LogP contribution is 2.15. The first kappa shape index (κ1) is 9.21. The van der Waals surface area contributed by atoms with E-state index >= 15 is 0 Å². The van der Waals surface area contributed by atoms with Gasteiger partial charge in [-0.05, 0) is 36.2 Å². The molecule has 3 heteroatoms. The van der Waals surface area contributed by atoms with Crippen LogP contribution < -0.4 is 10.6 Å². The molecule has 1 aromatic carbocycles. The molecule has 0 bridgehead atoms. The third-order valence-corrected chi connectivity index (χ3v) is 2.58. The molecule has 2 rings (SSSR count). The van der Waals surface area contributed by atoms with Crippen LogP contribution in [0.1, 0.15) is 21.5 Å². The fourth-order valence-corrected chi connectivity index (χ4v) is 1.77. The Balaban J connectivity index is 2.33. The summed E-state index contributed by atoms with van der Waals surface area (Å²) < 4.78 is 0. The molecule has 1 aliphatic heterocycles. The van der Waals surface area contributed by atoms with Crippen LogP contribution in [-0.4, -0.2) is 19.5 Å². The summed E-state index contributed by atoms with van der Waals surface area (Å²) in [6, 6.07) is 5.92. The molecule has 0 unspecified atom stereocenters. The number of nitrogens with one attached hydrogen (secondary N) is 2. The maximum Gasteiger partial charge on any atom is 0.251 e. The van der Waals surface area contributed by atoms with E-state index in [9.17, 15) is 4.79 Å². The zero-order chi connectivity index (χ0) is 9.97. The summed E-state index contributed by atoms with van der Waals surface area (Å²) in [5.74, 6) is -0.0154. The van der Waals surface area contributed by atoms with E-state index in [2.05, 4.69) is 16.7 Å². The van der Waals surface area contributed by atoms with Crippen molar-refractivity contribution >= 4 is 5.91 Å². The minimum atomic E-state index is -0.0154. The molecule has 74 valence electrons. The molecule has 1 amide bonds. The van der Waals surface area contributed by atoms with Crippen molar-refractivity contribution in [3.8, 4) is 0 Å². The van der Waals surface area contributed by atoms with E-state index in [0.29, 0.717) is 0 Å². The lowest BCUT2D eigenvalue weighted by Gasteiger charge is -2.17.